The Balaban J connectivity index is 2.76. The molecule has 0 aromatic heterocycles. The lowest BCUT2D eigenvalue weighted by atomic mass is 10.1. The minimum absolute atomic E-state index is 0.109. The van der Waals surface area contributed by atoms with Crippen LogP contribution in [0, 0.1) is 0 Å². The number of amides is 2. The van der Waals surface area contributed by atoms with Crippen LogP contribution in [0.5, 0.6) is 0 Å². The molecule has 0 aliphatic carbocycles. The zero-order chi connectivity index (χ0) is 13.5. The second-order valence-corrected chi connectivity index (χ2v) is 4.04. The molecular weight excluding hydrogens is 228 g/mol. The Morgan fingerprint density at radius 2 is 2.06 bits per heavy atom. The van der Waals surface area contributed by atoms with Gasteiger partial charge in [-0.3, -0.25) is 9.59 Å². The Hall–Kier alpha value is -2.10. The molecule has 1 rings (SSSR count). The van der Waals surface area contributed by atoms with Gasteiger partial charge in [0.15, 0.2) is 0 Å². The molecular formula is C14H18N2O2. The van der Waals surface area contributed by atoms with E-state index < -0.39 is 0 Å². The van der Waals surface area contributed by atoms with Crippen molar-refractivity contribution in [2.75, 3.05) is 5.32 Å². The molecule has 0 bridgehead atoms. The average Bonchev–Trinajstić information content (AvgIpc) is 2.28. The first kappa shape index (κ1) is 14.0. The number of carbonyl (C=O) groups excluding carboxylic acids is 2. The van der Waals surface area contributed by atoms with Gasteiger partial charge in [-0.2, -0.15) is 0 Å². The number of allylic oxidation sites excluding steroid dienone is 1. The highest BCUT2D eigenvalue weighted by Gasteiger charge is 2.08. The molecule has 0 radical (unpaired) electrons. The first-order valence-electron chi connectivity index (χ1n) is 5.83. The second-order valence-electron chi connectivity index (χ2n) is 4.04. The van der Waals surface area contributed by atoms with E-state index >= 15 is 0 Å². The van der Waals surface area contributed by atoms with Crippen LogP contribution < -0.4 is 10.6 Å². The van der Waals surface area contributed by atoms with Gasteiger partial charge in [0, 0.05) is 12.6 Å². The van der Waals surface area contributed by atoms with Gasteiger partial charge in [0.2, 0.25) is 11.8 Å². The molecule has 2 amide bonds. The summed E-state index contributed by atoms with van der Waals surface area (Å²) >= 11 is 0. The molecule has 1 aromatic rings. The highest BCUT2D eigenvalue weighted by Crippen LogP contribution is 2.17. The molecule has 4 heteroatoms. The maximum absolute atomic E-state index is 11.4. The van der Waals surface area contributed by atoms with E-state index in [9.17, 15) is 9.59 Å². The fraction of sp³-hybridized carbons (Fsp3) is 0.286. The van der Waals surface area contributed by atoms with Gasteiger partial charge in [0.05, 0.1) is 6.04 Å². The Morgan fingerprint density at radius 1 is 1.33 bits per heavy atom. The third-order valence-electron chi connectivity index (χ3n) is 2.38. The average molecular weight is 246 g/mol. The third-order valence-corrected chi connectivity index (χ3v) is 2.38. The van der Waals surface area contributed by atoms with Gasteiger partial charge in [-0.25, -0.2) is 0 Å². The van der Waals surface area contributed by atoms with Crippen molar-refractivity contribution in [2.45, 2.75) is 26.8 Å². The molecule has 0 heterocycles. The molecule has 0 saturated heterocycles. The Morgan fingerprint density at radius 3 is 2.67 bits per heavy atom. The van der Waals surface area contributed by atoms with Crippen molar-refractivity contribution in [3.63, 3.8) is 0 Å². The number of hydrogen-bond donors (Lipinski definition) is 2. The summed E-state index contributed by atoms with van der Waals surface area (Å²) in [7, 11) is 0. The van der Waals surface area contributed by atoms with Gasteiger partial charge in [-0.1, -0.05) is 18.2 Å². The zero-order valence-electron chi connectivity index (χ0n) is 10.9. The van der Waals surface area contributed by atoms with E-state index in [1.165, 1.54) is 13.0 Å². The van der Waals surface area contributed by atoms with Crippen LogP contribution in [0.3, 0.4) is 0 Å². The van der Waals surface area contributed by atoms with Crippen molar-refractivity contribution >= 4 is 17.5 Å². The van der Waals surface area contributed by atoms with Gasteiger partial charge < -0.3 is 10.6 Å². The molecule has 1 unspecified atom stereocenters. The number of anilines is 1. The van der Waals surface area contributed by atoms with Crippen molar-refractivity contribution in [2.24, 2.45) is 0 Å². The highest BCUT2D eigenvalue weighted by atomic mass is 16.2. The van der Waals surface area contributed by atoms with Crippen molar-refractivity contribution in [3.05, 3.63) is 42.0 Å². The molecule has 96 valence electrons. The summed E-state index contributed by atoms with van der Waals surface area (Å²) in [4.78, 5) is 22.4. The van der Waals surface area contributed by atoms with Crippen LogP contribution in [-0.4, -0.2) is 11.8 Å². The summed E-state index contributed by atoms with van der Waals surface area (Å²) in [6.45, 7) is 5.15. The van der Waals surface area contributed by atoms with Crippen molar-refractivity contribution in [1.29, 1.82) is 0 Å². The maximum Gasteiger partial charge on any atom is 0.244 e. The van der Waals surface area contributed by atoms with E-state index in [0.29, 0.717) is 0 Å². The van der Waals surface area contributed by atoms with E-state index in [4.69, 9.17) is 0 Å². The molecule has 0 spiro atoms. The number of carbonyl (C=O) groups is 2. The lowest BCUT2D eigenvalue weighted by Crippen LogP contribution is -2.24. The second kappa shape index (κ2) is 6.59. The Bertz CT molecular complexity index is 467. The predicted octanol–water partition coefficient (Wildman–Crippen LogP) is 2.40. The summed E-state index contributed by atoms with van der Waals surface area (Å²) in [6, 6.07) is 7.31. The fourth-order valence-electron chi connectivity index (χ4n) is 1.59. The molecule has 0 saturated carbocycles. The topological polar surface area (TPSA) is 58.2 Å². The first-order valence-corrected chi connectivity index (χ1v) is 5.83. The summed E-state index contributed by atoms with van der Waals surface area (Å²) in [5, 5.41) is 5.55. The number of benzene rings is 1. The van der Waals surface area contributed by atoms with Crippen LogP contribution in [0.2, 0.25) is 0 Å². The summed E-state index contributed by atoms with van der Waals surface area (Å²) in [5.74, 6) is -0.243. The maximum atomic E-state index is 11.4. The van der Waals surface area contributed by atoms with Crippen molar-refractivity contribution in [3.8, 4) is 0 Å². The van der Waals surface area contributed by atoms with Gasteiger partial charge in [0.1, 0.15) is 0 Å². The van der Waals surface area contributed by atoms with Crippen LogP contribution in [0.25, 0.3) is 0 Å². The van der Waals surface area contributed by atoms with Crippen LogP contribution in [0.4, 0.5) is 5.69 Å². The molecule has 0 fully saturated rings. The predicted molar refractivity (Wildman–Crippen MR) is 72.1 cm³/mol. The van der Waals surface area contributed by atoms with Crippen molar-refractivity contribution in [1.82, 2.24) is 5.32 Å². The van der Waals surface area contributed by atoms with Gasteiger partial charge >= 0.3 is 0 Å². The minimum Gasteiger partial charge on any atom is -0.346 e. The SMILES string of the molecule is CC=CC(=O)NC(C)c1cccc(NC(C)=O)c1. The molecule has 2 N–H and O–H groups in total. The van der Waals surface area contributed by atoms with Crippen LogP contribution >= 0.6 is 0 Å². The molecule has 0 aliphatic heterocycles. The smallest absolute Gasteiger partial charge is 0.244 e. The number of rotatable bonds is 4. The van der Waals surface area contributed by atoms with E-state index in [1.807, 2.05) is 31.2 Å². The fourth-order valence-corrected chi connectivity index (χ4v) is 1.59. The van der Waals surface area contributed by atoms with E-state index in [-0.39, 0.29) is 17.9 Å². The van der Waals surface area contributed by atoms with Crippen LogP contribution in [-0.2, 0) is 9.59 Å². The highest BCUT2D eigenvalue weighted by molar-refractivity contribution is 5.89. The monoisotopic (exact) mass is 246 g/mol. The third kappa shape index (κ3) is 4.41. The van der Waals surface area contributed by atoms with E-state index in [0.717, 1.165) is 11.3 Å². The molecule has 4 nitrogen and oxygen atoms in total. The van der Waals surface area contributed by atoms with Gasteiger partial charge in [-0.05, 0) is 37.6 Å². The number of nitrogens with one attached hydrogen (secondary N) is 2. The molecule has 1 atom stereocenters. The lowest BCUT2D eigenvalue weighted by molar-refractivity contribution is -0.117. The summed E-state index contributed by atoms with van der Waals surface area (Å²) in [5.41, 5.74) is 1.67. The molecule has 18 heavy (non-hydrogen) atoms. The Kier molecular flexibility index (Phi) is 5.11. The zero-order valence-corrected chi connectivity index (χ0v) is 10.9. The molecule has 1 aromatic carbocycles. The van der Waals surface area contributed by atoms with Crippen LogP contribution in [0.1, 0.15) is 32.4 Å². The number of hydrogen-bond acceptors (Lipinski definition) is 2. The largest absolute Gasteiger partial charge is 0.346 e. The first-order chi connectivity index (χ1) is 8.52. The minimum atomic E-state index is -0.130. The van der Waals surface area contributed by atoms with E-state index in [1.54, 1.807) is 13.0 Å². The normalized spacial score (nSPS) is 12.2. The standard InChI is InChI=1S/C14H18N2O2/c1-4-6-14(18)15-10(2)12-7-5-8-13(9-12)16-11(3)17/h4-10H,1-3H3,(H,15,18)(H,16,17). The quantitative estimate of drug-likeness (QED) is 0.801. The van der Waals surface area contributed by atoms with Gasteiger partial charge in [-0.15, -0.1) is 0 Å². The summed E-state index contributed by atoms with van der Waals surface area (Å²) < 4.78 is 0. The molecule has 0 aliphatic rings. The lowest BCUT2D eigenvalue weighted by Gasteiger charge is -2.14. The van der Waals surface area contributed by atoms with Gasteiger partial charge in [0.25, 0.3) is 0 Å². The summed E-state index contributed by atoms with van der Waals surface area (Å²) in [6.07, 6.45) is 3.17. The van der Waals surface area contributed by atoms with Crippen LogP contribution in [0.15, 0.2) is 36.4 Å². The Labute approximate surface area is 107 Å². The van der Waals surface area contributed by atoms with Crippen molar-refractivity contribution < 1.29 is 9.59 Å². The van der Waals surface area contributed by atoms with E-state index in [2.05, 4.69) is 10.6 Å².